The molecule has 0 saturated heterocycles. The fourth-order valence-electron chi connectivity index (χ4n) is 14.7. The number of allylic oxidation sites excluding steroid dienone is 4. The van der Waals surface area contributed by atoms with Gasteiger partial charge in [0.05, 0.1) is 10.8 Å². The molecule has 3 nitrogen and oxygen atoms in total. The quantitative estimate of drug-likeness (QED) is 0.159. The summed E-state index contributed by atoms with van der Waals surface area (Å²) in [5, 5.41) is 0. The number of hydrogen-bond acceptors (Lipinski definition) is 3. The summed E-state index contributed by atoms with van der Waals surface area (Å²) in [6.45, 7) is 0. The molecule has 0 bridgehead atoms. The van der Waals surface area contributed by atoms with E-state index in [0.717, 1.165) is 58.5 Å². The van der Waals surface area contributed by atoms with Gasteiger partial charge >= 0.3 is 0 Å². The Balaban J connectivity index is 0.752. The molecule has 2 aliphatic heterocycles. The van der Waals surface area contributed by atoms with E-state index in [1.165, 1.54) is 106 Å². The highest BCUT2D eigenvalue weighted by Crippen LogP contribution is 2.64. The van der Waals surface area contributed by atoms with Gasteiger partial charge in [-0.2, -0.15) is 0 Å². The van der Waals surface area contributed by atoms with E-state index in [0.29, 0.717) is 0 Å². The third kappa shape index (κ3) is 7.04. The molecule has 2 spiro atoms. The van der Waals surface area contributed by atoms with E-state index >= 15 is 0 Å². The maximum Gasteiger partial charge on any atom is 0.132 e. The summed E-state index contributed by atoms with van der Waals surface area (Å²) < 4.78 is 13.2. The van der Waals surface area contributed by atoms with Gasteiger partial charge in [-0.05, 0) is 181 Å². The van der Waals surface area contributed by atoms with Gasteiger partial charge in [0.2, 0.25) is 0 Å². The third-order valence-electron chi connectivity index (χ3n) is 18.3. The minimum absolute atomic E-state index is 0.453. The van der Waals surface area contributed by atoms with Crippen LogP contribution in [-0.2, 0) is 10.8 Å². The zero-order valence-electron chi connectivity index (χ0n) is 45.5. The van der Waals surface area contributed by atoms with Crippen molar-refractivity contribution in [2.45, 2.75) is 23.7 Å². The maximum absolute atomic E-state index is 6.63. The van der Waals surface area contributed by atoms with Crippen molar-refractivity contribution in [2.24, 2.45) is 0 Å². The van der Waals surface area contributed by atoms with Crippen molar-refractivity contribution < 1.29 is 9.47 Å². The number of anilines is 3. The molecule has 5 aliphatic rings. The van der Waals surface area contributed by atoms with Gasteiger partial charge in [0, 0.05) is 39.3 Å². The molecule has 0 amide bonds. The molecule has 0 atom stereocenters. The van der Waals surface area contributed by atoms with Crippen molar-refractivity contribution in [3.05, 3.63) is 347 Å². The second-order valence-electron chi connectivity index (χ2n) is 22.5. The Kier molecular flexibility index (Phi) is 10.6. The summed E-state index contributed by atoms with van der Waals surface area (Å²) in [5.41, 5.74) is 27.0. The number of rotatable bonds is 7. The van der Waals surface area contributed by atoms with Gasteiger partial charge in [0.25, 0.3) is 0 Å². The van der Waals surface area contributed by atoms with E-state index in [9.17, 15) is 0 Å². The molecule has 3 aliphatic carbocycles. The van der Waals surface area contributed by atoms with Crippen molar-refractivity contribution in [3.63, 3.8) is 0 Å². The Bertz CT molecular complexity index is 4570. The van der Waals surface area contributed by atoms with Gasteiger partial charge in [-0.25, -0.2) is 0 Å². The second-order valence-corrected chi connectivity index (χ2v) is 22.5. The molecule has 0 unspecified atom stereocenters. The molecule has 0 aromatic heterocycles. The van der Waals surface area contributed by atoms with E-state index < -0.39 is 10.8 Å². The number of ether oxygens (including phenoxy) is 2. The van der Waals surface area contributed by atoms with E-state index in [1.807, 2.05) is 0 Å². The first-order valence-electron chi connectivity index (χ1n) is 28.9. The molecule has 0 fully saturated rings. The monoisotopic (exact) mass is 1060 g/mol. The molecule has 0 radical (unpaired) electrons. The lowest BCUT2D eigenvalue weighted by molar-refractivity contribution is 0.435. The number of benzene rings is 12. The smallest absolute Gasteiger partial charge is 0.132 e. The molecular formula is C80H53NO2. The average molecular weight is 1060 g/mol. The summed E-state index contributed by atoms with van der Waals surface area (Å²) in [6.07, 6.45) is 6.78. The van der Waals surface area contributed by atoms with E-state index in [2.05, 4.69) is 302 Å². The normalized spacial score (nSPS) is 14.7. The van der Waals surface area contributed by atoms with Crippen LogP contribution in [0.2, 0.25) is 0 Å². The molecule has 83 heavy (non-hydrogen) atoms. The molecular weight excluding hydrogens is 1010 g/mol. The first-order valence-corrected chi connectivity index (χ1v) is 28.9. The SMILES string of the molecule is C1=CC2=C(CC1)c1cc(-c3ccc(N(c4ccc(-c5cccc(-c6ccccc6)c5)cc4)c4ccc(-c5ccc6c(c5)-c5ccccc5C65c6ccccc6Oc6ccccc65)cc4)cc3)ccc1C21c2ccccc2Oc2ccccc21. The van der Waals surface area contributed by atoms with Gasteiger partial charge < -0.3 is 14.4 Å². The Morgan fingerprint density at radius 1 is 0.277 bits per heavy atom. The first kappa shape index (κ1) is 47.3. The molecule has 390 valence electrons. The Hall–Kier alpha value is -10.5. The van der Waals surface area contributed by atoms with Crippen LogP contribution in [0, 0.1) is 0 Å². The average Bonchev–Trinajstić information content (AvgIpc) is 1.83. The van der Waals surface area contributed by atoms with E-state index in [1.54, 1.807) is 0 Å². The summed E-state index contributed by atoms with van der Waals surface area (Å²) in [7, 11) is 0. The highest BCUT2D eigenvalue weighted by molar-refractivity contribution is 5.94. The molecule has 0 N–H and O–H groups in total. The van der Waals surface area contributed by atoms with Crippen molar-refractivity contribution in [2.75, 3.05) is 4.90 Å². The van der Waals surface area contributed by atoms with Gasteiger partial charge in [-0.15, -0.1) is 0 Å². The Morgan fingerprint density at radius 3 is 1.17 bits per heavy atom. The summed E-state index contributed by atoms with van der Waals surface area (Å²) in [4.78, 5) is 2.39. The molecule has 3 heteroatoms. The molecule has 12 aromatic rings. The van der Waals surface area contributed by atoms with Crippen LogP contribution in [0.5, 0.6) is 23.0 Å². The topological polar surface area (TPSA) is 21.7 Å². The maximum atomic E-state index is 6.63. The second kappa shape index (κ2) is 18.5. The van der Waals surface area contributed by atoms with Crippen molar-refractivity contribution in [1.29, 1.82) is 0 Å². The minimum Gasteiger partial charge on any atom is -0.457 e. The molecule has 17 rings (SSSR count). The van der Waals surface area contributed by atoms with Crippen LogP contribution < -0.4 is 14.4 Å². The summed E-state index contributed by atoms with van der Waals surface area (Å²) in [6, 6.07) is 104. The van der Waals surface area contributed by atoms with Gasteiger partial charge in [0.1, 0.15) is 23.0 Å². The zero-order chi connectivity index (χ0) is 54.6. The van der Waals surface area contributed by atoms with Gasteiger partial charge in [0.15, 0.2) is 0 Å². The molecule has 0 saturated carbocycles. The van der Waals surface area contributed by atoms with Crippen LogP contribution in [0.3, 0.4) is 0 Å². The minimum atomic E-state index is -0.502. The lowest BCUT2D eigenvalue weighted by atomic mass is 9.65. The highest BCUT2D eigenvalue weighted by Gasteiger charge is 2.53. The number of para-hydroxylation sites is 4. The Labute approximate surface area is 484 Å². The fraction of sp³-hybridized carbons (Fsp3) is 0.0500. The zero-order valence-corrected chi connectivity index (χ0v) is 45.5. The summed E-state index contributed by atoms with van der Waals surface area (Å²) in [5.74, 6) is 3.65. The van der Waals surface area contributed by atoms with Crippen LogP contribution in [0.4, 0.5) is 17.1 Å². The largest absolute Gasteiger partial charge is 0.457 e. The third-order valence-corrected chi connectivity index (χ3v) is 18.3. The van der Waals surface area contributed by atoms with Gasteiger partial charge in [-0.1, -0.05) is 218 Å². The van der Waals surface area contributed by atoms with Crippen molar-refractivity contribution >= 4 is 22.6 Å². The van der Waals surface area contributed by atoms with Crippen LogP contribution in [-0.4, -0.2) is 0 Å². The predicted octanol–water partition coefficient (Wildman–Crippen LogP) is 20.9. The highest BCUT2D eigenvalue weighted by atomic mass is 16.5. The molecule has 2 heterocycles. The van der Waals surface area contributed by atoms with Crippen LogP contribution in [0.25, 0.3) is 61.2 Å². The Morgan fingerprint density at radius 2 is 0.651 bits per heavy atom. The van der Waals surface area contributed by atoms with E-state index in [-0.39, 0.29) is 0 Å². The lowest BCUT2D eigenvalue weighted by Crippen LogP contribution is -2.33. The van der Waals surface area contributed by atoms with Gasteiger partial charge in [-0.3, -0.25) is 0 Å². The molecule has 12 aromatic carbocycles. The number of nitrogens with zero attached hydrogens (tertiary/aromatic N) is 1. The predicted molar refractivity (Wildman–Crippen MR) is 338 cm³/mol. The van der Waals surface area contributed by atoms with Crippen LogP contribution in [0.15, 0.2) is 303 Å². The van der Waals surface area contributed by atoms with Crippen LogP contribution >= 0.6 is 0 Å². The fourth-order valence-corrected chi connectivity index (χ4v) is 14.7. The number of fused-ring (bicyclic) bond motifs is 17. The number of hydrogen-bond donors (Lipinski definition) is 0. The first-order chi connectivity index (χ1) is 41.1. The summed E-state index contributed by atoms with van der Waals surface area (Å²) >= 11 is 0. The van der Waals surface area contributed by atoms with Crippen LogP contribution in [0.1, 0.15) is 57.3 Å². The van der Waals surface area contributed by atoms with E-state index in [4.69, 9.17) is 9.47 Å². The van der Waals surface area contributed by atoms with Crippen molar-refractivity contribution in [1.82, 2.24) is 0 Å². The van der Waals surface area contributed by atoms with Crippen molar-refractivity contribution in [3.8, 4) is 78.6 Å². The lowest BCUT2D eigenvalue weighted by Gasteiger charge is -2.40. The standard InChI is InChI=1S/C80H53NO2/c1-2-17-52(18-3-1)56-19-16-20-57(49-56)53-33-41-60(42-34-53)81(61-43-35-54(36-44-61)58-39-47-69-65(50-58)63-21-4-6-23-67(63)79(69)71-25-8-12-29-75(71)82-76-30-13-9-26-72(76)79)62-45-37-55(38-46-62)59-40-48-70-66(51-59)64-22-5-7-24-68(64)80(70)73-27-10-14-31-77(73)83-78-32-15-11-28-74(78)80/h1-4,6-21,23-51H,5,22H2.